The normalized spacial score (nSPS) is 21.6. The van der Waals surface area contributed by atoms with Gasteiger partial charge in [0.1, 0.15) is 0 Å². The summed E-state index contributed by atoms with van der Waals surface area (Å²) < 4.78 is -1.33. The summed E-state index contributed by atoms with van der Waals surface area (Å²) in [5, 5.41) is 8.15. The van der Waals surface area contributed by atoms with Gasteiger partial charge in [0, 0.05) is 0 Å². The molecule has 0 amide bonds. The molecule has 0 saturated heterocycles. The fraction of sp³-hybridized carbons (Fsp3) is 1.00. The SMILES string of the molecule is CC(O)(S)Cl. The van der Waals surface area contributed by atoms with E-state index in [1.165, 1.54) is 6.92 Å². The first-order chi connectivity index (χ1) is 2.00. The Balaban J connectivity index is 3.02. The minimum atomic E-state index is -1.33. The standard InChI is InChI=1S/C2H5ClOS/c1-2(3,4)5/h4-5H,1H3. The fourth-order valence-electron chi connectivity index (χ4n) is 0. The number of thiol groups is 1. The van der Waals surface area contributed by atoms with Gasteiger partial charge in [-0.1, -0.05) is 11.6 Å². The third-order valence-electron chi connectivity index (χ3n) is 0. The number of hydrogen-bond acceptors (Lipinski definition) is 2. The molecule has 0 aliphatic heterocycles. The lowest BCUT2D eigenvalue weighted by molar-refractivity contribution is 0.246. The minimum absolute atomic E-state index is 1.33. The van der Waals surface area contributed by atoms with Crippen molar-refractivity contribution in [2.24, 2.45) is 0 Å². The van der Waals surface area contributed by atoms with Gasteiger partial charge in [-0.3, -0.25) is 0 Å². The van der Waals surface area contributed by atoms with Crippen molar-refractivity contribution in [2.75, 3.05) is 0 Å². The molecule has 0 aromatic carbocycles. The Morgan fingerprint density at radius 3 is 2.00 bits per heavy atom. The first-order valence-corrected chi connectivity index (χ1v) is 1.96. The molecule has 0 radical (unpaired) electrons. The lowest BCUT2D eigenvalue weighted by atomic mass is 10.9. The van der Waals surface area contributed by atoms with E-state index >= 15 is 0 Å². The van der Waals surface area contributed by atoms with Crippen molar-refractivity contribution in [1.82, 2.24) is 0 Å². The molecule has 1 atom stereocenters. The molecule has 1 unspecified atom stereocenters. The van der Waals surface area contributed by atoms with Gasteiger partial charge in [0.25, 0.3) is 0 Å². The summed E-state index contributed by atoms with van der Waals surface area (Å²) in [6.45, 7) is 1.37. The van der Waals surface area contributed by atoms with Crippen LogP contribution in [0.15, 0.2) is 0 Å². The first-order valence-electron chi connectivity index (χ1n) is 1.14. The molecular formula is C2H5ClOS. The van der Waals surface area contributed by atoms with Crippen LogP contribution in [0.4, 0.5) is 0 Å². The topological polar surface area (TPSA) is 20.2 Å². The van der Waals surface area contributed by atoms with Gasteiger partial charge < -0.3 is 5.11 Å². The lowest BCUT2D eigenvalue weighted by Crippen LogP contribution is -2.00. The van der Waals surface area contributed by atoms with Gasteiger partial charge in [0.2, 0.25) is 0 Å². The monoisotopic (exact) mass is 112 g/mol. The predicted octanol–water partition coefficient (Wildman–Crippen LogP) is 0.821. The van der Waals surface area contributed by atoms with E-state index in [1.807, 2.05) is 0 Å². The van der Waals surface area contributed by atoms with Crippen LogP contribution >= 0.6 is 24.2 Å². The second-order valence-corrected chi connectivity index (χ2v) is 2.78. The van der Waals surface area contributed by atoms with Crippen LogP contribution in [0, 0.1) is 0 Å². The summed E-state index contributed by atoms with van der Waals surface area (Å²) in [5.74, 6) is 0. The molecule has 0 bridgehead atoms. The molecule has 1 nitrogen and oxygen atoms in total. The molecule has 0 aliphatic rings. The van der Waals surface area contributed by atoms with Crippen molar-refractivity contribution in [3.8, 4) is 0 Å². The molecule has 0 aromatic rings. The highest BCUT2D eigenvalue weighted by atomic mass is 35.5. The highest BCUT2D eigenvalue weighted by Gasteiger charge is 2.03. The largest absolute Gasteiger partial charge is 0.367 e. The summed E-state index contributed by atoms with van der Waals surface area (Å²) in [4.78, 5) is 0. The van der Waals surface area contributed by atoms with E-state index in [4.69, 9.17) is 16.7 Å². The number of hydrogen-bond donors (Lipinski definition) is 2. The second-order valence-electron chi connectivity index (χ2n) is 0.905. The molecule has 5 heavy (non-hydrogen) atoms. The number of alkyl halides is 1. The molecule has 0 saturated carbocycles. The molecule has 0 aromatic heterocycles. The smallest absolute Gasteiger partial charge is 0.180 e. The van der Waals surface area contributed by atoms with Gasteiger partial charge in [-0.2, -0.15) is 0 Å². The van der Waals surface area contributed by atoms with Gasteiger partial charge in [-0.05, 0) is 6.92 Å². The quantitative estimate of drug-likeness (QED) is 0.270. The van der Waals surface area contributed by atoms with E-state index in [0.29, 0.717) is 0 Å². The molecule has 0 aliphatic carbocycles. The minimum Gasteiger partial charge on any atom is -0.367 e. The summed E-state index contributed by atoms with van der Waals surface area (Å²) in [6.07, 6.45) is 0. The number of rotatable bonds is 0. The summed E-state index contributed by atoms with van der Waals surface area (Å²) in [6, 6.07) is 0. The van der Waals surface area contributed by atoms with E-state index < -0.39 is 4.39 Å². The van der Waals surface area contributed by atoms with Crippen LogP contribution < -0.4 is 0 Å². The highest BCUT2D eigenvalue weighted by Crippen LogP contribution is 2.11. The van der Waals surface area contributed by atoms with E-state index in [2.05, 4.69) is 12.6 Å². The molecule has 0 spiro atoms. The van der Waals surface area contributed by atoms with Crippen molar-refractivity contribution in [2.45, 2.75) is 11.3 Å². The van der Waals surface area contributed by atoms with Gasteiger partial charge in [0.15, 0.2) is 4.39 Å². The van der Waals surface area contributed by atoms with E-state index in [0.717, 1.165) is 0 Å². The third-order valence-corrected chi connectivity index (χ3v) is 0. The zero-order valence-electron chi connectivity index (χ0n) is 2.77. The van der Waals surface area contributed by atoms with Gasteiger partial charge in [0.05, 0.1) is 0 Å². The Kier molecular flexibility index (Phi) is 1.53. The van der Waals surface area contributed by atoms with Crippen LogP contribution in [0.5, 0.6) is 0 Å². The zero-order chi connectivity index (χ0) is 4.50. The van der Waals surface area contributed by atoms with Crippen LogP contribution in [0.25, 0.3) is 0 Å². The Morgan fingerprint density at radius 2 is 2.00 bits per heavy atom. The van der Waals surface area contributed by atoms with Gasteiger partial charge in [-0.15, -0.1) is 12.6 Å². The van der Waals surface area contributed by atoms with E-state index in [1.54, 1.807) is 0 Å². The Morgan fingerprint density at radius 1 is 2.00 bits per heavy atom. The molecule has 0 fully saturated rings. The number of halogens is 1. The zero-order valence-corrected chi connectivity index (χ0v) is 4.42. The molecule has 0 heterocycles. The van der Waals surface area contributed by atoms with E-state index in [9.17, 15) is 0 Å². The van der Waals surface area contributed by atoms with Crippen LogP contribution in [0.1, 0.15) is 6.92 Å². The summed E-state index contributed by atoms with van der Waals surface area (Å²) in [5.41, 5.74) is 0. The highest BCUT2D eigenvalue weighted by molar-refractivity contribution is 7.83. The summed E-state index contributed by atoms with van der Waals surface area (Å²) >= 11 is 8.39. The number of aliphatic hydroxyl groups is 1. The van der Waals surface area contributed by atoms with Crippen molar-refractivity contribution in [1.29, 1.82) is 0 Å². The molecule has 3 heteroatoms. The van der Waals surface area contributed by atoms with E-state index in [-0.39, 0.29) is 0 Å². The van der Waals surface area contributed by atoms with Crippen LogP contribution in [0.3, 0.4) is 0 Å². The summed E-state index contributed by atoms with van der Waals surface area (Å²) in [7, 11) is 0. The third kappa shape index (κ3) is 86.4. The average Bonchev–Trinajstić information content (AvgIpc) is 0.722. The maximum atomic E-state index is 8.15. The molecular weight excluding hydrogens is 108 g/mol. The Bertz CT molecular complexity index is 25.1. The van der Waals surface area contributed by atoms with Gasteiger partial charge in [-0.25, -0.2) is 0 Å². The molecule has 0 rings (SSSR count). The van der Waals surface area contributed by atoms with Crippen LogP contribution in [-0.2, 0) is 0 Å². The van der Waals surface area contributed by atoms with Crippen molar-refractivity contribution < 1.29 is 5.11 Å². The Hall–Kier alpha value is 0.600. The fourth-order valence-corrected chi connectivity index (χ4v) is 0. The average molecular weight is 113 g/mol. The predicted molar refractivity (Wildman–Crippen MR) is 25.5 cm³/mol. The second kappa shape index (κ2) is 1.37. The van der Waals surface area contributed by atoms with Crippen molar-refractivity contribution in [3.63, 3.8) is 0 Å². The van der Waals surface area contributed by atoms with Crippen LogP contribution in [0.2, 0.25) is 0 Å². The maximum Gasteiger partial charge on any atom is 0.180 e. The Labute approximate surface area is 41.4 Å². The van der Waals surface area contributed by atoms with Crippen molar-refractivity contribution >= 4 is 24.2 Å². The first kappa shape index (κ1) is 5.60. The van der Waals surface area contributed by atoms with Crippen LogP contribution in [-0.4, -0.2) is 9.50 Å². The molecule has 1 N–H and O–H groups in total. The van der Waals surface area contributed by atoms with Gasteiger partial charge >= 0.3 is 0 Å². The lowest BCUT2D eigenvalue weighted by Gasteiger charge is -1.99. The van der Waals surface area contributed by atoms with Crippen molar-refractivity contribution in [3.05, 3.63) is 0 Å². The maximum absolute atomic E-state index is 8.15. The molecule has 32 valence electrons.